The number of benzene rings is 3. The van der Waals surface area contributed by atoms with Crippen LogP contribution in [0.4, 0.5) is 5.82 Å². The van der Waals surface area contributed by atoms with Gasteiger partial charge in [-0.2, -0.15) is 0 Å². The minimum Gasteiger partial charge on any atom is -0.491 e. The Morgan fingerprint density at radius 3 is 2.11 bits per heavy atom. The fourth-order valence-electron chi connectivity index (χ4n) is 5.60. The highest BCUT2D eigenvalue weighted by Crippen LogP contribution is 2.35. The van der Waals surface area contributed by atoms with Gasteiger partial charge in [0.25, 0.3) is 0 Å². The van der Waals surface area contributed by atoms with E-state index in [1.165, 1.54) is 0 Å². The number of rotatable bonds is 26. The molecule has 1 unspecified atom stereocenters. The SMILES string of the molecule is CCOCCOCCOCCOCCOc1ccc(-c2ccc(C(CC(=O)O)NC(=O)CNC(=O)CCCNc3cc(C)ccn3)cc2)c2ccccc12. The van der Waals surface area contributed by atoms with E-state index in [-0.39, 0.29) is 25.3 Å². The number of nitrogens with zero attached hydrogens (tertiary/aromatic N) is 1. The molecule has 13 heteroatoms. The third kappa shape index (κ3) is 14.7. The zero-order valence-electron chi connectivity index (χ0n) is 31.1. The third-order valence-corrected chi connectivity index (χ3v) is 8.28. The second kappa shape index (κ2) is 23.6. The molecule has 4 aromatic rings. The first-order valence-corrected chi connectivity index (χ1v) is 18.3. The van der Waals surface area contributed by atoms with Crippen molar-refractivity contribution in [1.29, 1.82) is 0 Å². The van der Waals surface area contributed by atoms with Crippen molar-refractivity contribution in [2.75, 3.05) is 77.9 Å². The normalized spacial score (nSPS) is 11.6. The number of carboxylic acid groups (broad SMARTS) is 1. The number of hydrogen-bond donors (Lipinski definition) is 4. The van der Waals surface area contributed by atoms with Gasteiger partial charge in [0.15, 0.2) is 0 Å². The zero-order chi connectivity index (χ0) is 38.4. The summed E-state index contributed by atoms with van der Waals surface area (Å²) in [5.41, 5.74) is 3.62. The molecule has 0 saturated heterocycles. The third-order valence-electron chi connectivity index (χ3n) is 8.28. The Kier molecular flexibility index (Phi) is 18.2. The van der Waals surface area contributed by atoms with E-state index >= 15 is 0 Å². The molecule has 1 aromatic heterocycles. The van der Waals surface area contributed by atoms with Gasteiger partial charge in [0.05, 0.1) is 65.3 Å². The van der Waals surface area contributed by atoms with Gasteiger partial charge in [0.2, 0.25) is 11.8 Å². The second-order valence-electron chi connectivity index (χ2n) is 12.4. The van der Waals surface area contributed by atoms with Crippen LogP contribution in [0.2, 0.25) is 0 Å². The Hall–Kier alpha value is -5.08. The predicted octanol–water partition coefficient (Wildman–Crippen LogP) is 5.32. The Labute approximate surface area is 316 Å². The molecule has 0 aliphatic carbocycles. The minimum atomic E-state index is -1.06. The number of anilines is 1. The van der Waals surface area contributed by atoms with Crippen molar-refractivity contribution in [3.63, 3.8) is 0 Å². The van der Waals surface area contributed by atoms with E-state index in [0.717, 1.165) is 39.0 Å². The van der Waals surface area contributed by atoms with Crippen molar-refractivity contribution < 1.29 is 43.2 Å². The van der Waals surface area contributed by atoms with Gasteiger partial charge in [-0.05, 0) is 66.1 Å². The van der Waals surface area contributed by atoms with Crippen LogP contribution in [-0.2, 0) is 33.3 Å². The van der Waals surface area contributed by atoms with Gasteiger partial charge in [0.1, 0.15) is 18.2 Å². The maximum absolute atomic E-state index is 12.8. The second-order valence-corrected chi connectivity index (χ2v) is 12.4. The summed E-state index contributed by atoms with van der Waals surface area (Å²) >= 11 is 0. The Morgan fingerprint density at radius 2 is 1.44 bits per heavy atom. The molecule has 290 valence electrons. The van der Waals surface area contributed by atoms with Crippen LogP contribution in [0.5, 0.6) is 5.75 Å². The lowest BCUT2D eigenvalue weighted by atomic mass is 9.95. The number of aryl methyl sites for hydroxylation is 1. The molecule has 3 aromatic carbocycles. The van der Waals surface area contributed by atoms with E-state index < -0.39 is 17.9 Å². The quantitative estimate of drug-likeness (QED) is 0.0615. The van der Waals surface area contributed by atoms with Gasteiger partial charge in [-0.15, -0.1) is 0 Å². The Bertz CT molecular complexity index is 1750. The lowest BCUT2D eigenvalue weighted by Gasteiger charge is -2.19. The zero-order valence-corrected chi connectivity index (χ0v) is 31.1. The highest BCUT2D eigenvalue weighted by Gasteiger charge is 2.19. The van der Waals surface area contributed by atoms with E-state index in [9.17, 15) is 19.5 Å². The molecule has 0 aliphatic heterocycles. The smallest absolute Gasteiger partial charge is 0.305 e. The largest absolute Gasteiger partial charge is 0.491 e. The molecule has 0 aliphatic rings. The lowest BCUT2D eigenvalue weighted by molar-refractivity contribution is -0.138. The van der Waals surface area contributed by atoms with Crippen molar-refractivity contribution in [2.24, 2.45) is 0 Å². The van der Waals surface area contributed by atoms with Crippen LogP contribution >= 0.6 is 0 Å². The maximum atomic E-state index is 12.8. The van der Waals surface area contributed by atoms with Gasteiger partial charge in [-0.25, -0.2) is 4.98 Å². The van der Waals surface area contributed by atoms with E-state index in [1.807, 2.05) is 86.6 Å². The number of pyridine rings is 1. The molecule has 0 radical (unpaired) electrons. The average Bonchev–Trinajstić information content (AvgIpc) is 3.17. The standard InChI is InChI=1S/C41H52N4O9/c1-3-50-19-20-51-21-22-52-23-24-53-25-26-54-37-15-14-33(34-7-4-5-8-35(34)37)31-10-12-32(13-11-31)36(28-41(48)49)45-40(47)29-44-39(46)9-6-17-42-38-27-30(2)16-18-43-38/h4-5,7-8,10-16,18,27,36H,3,6,9,17,19-26,28-29H2,1-2H3,(H,42,43)(H,44,46)(H,45,47)(H,48,49). The Balaban J connectivity index is 1.23. The van der Waals surface area contributed by atoms with Crippen LogP contribution in [0.1, 0.15) is 43.4 Å². The fourth-order valence-corrected chi connectivity index (χ4v) is 5.60. The molecular weight excluding hydrogens is 692 g/mol. The molecule has 0 bridgehead atoms. The first-order valence-electron chi connectivity index (χ1n) is 18.3. The maximum Gasteiger partial charge on any atom is 0.305 e. The van der Waals surface area contributed by atoms with Crippen LogP contribution < -0.4 is 20.7 Å². The minimum absolute atomic E-state index is 0.228. The summed E-state index contributed by atoms with van der Waals surface area (Å²) in [5, 5.41) is 20.1. The molecule has 4 rings (SSSR count). The number of hydrogen-bond acceptors (Lipinski definition) is 10. The first-order chi connectivity index (χ1) is 26.3. The van der Waals surface area contributed by atoms with E-state index in [2.05, 4.69) is 20.9 Å². The van der Waals surface area contributed by atoms with Crippen LogP contribution in [0.15, 0.2) is 79.0 Å². The number of carboxylic acids is 1. The number of nitrogens with one attached hydrogen (secondary N) is 3. The Morgan fingerprint density at radius 1 is 0.778 bits per heavy atom. The molecule has 0 saturated carbocycles. The summed E-state index contributed by atoms with van der Waals surface area (Å²) in [6.45, 7) is 8.79. The molecule has 0 spiro atoms. The number of carbonyl (C=O) groups is 3. The van der Waals surface area contributed by atoms with Crippen molar-refractivity contribution >= 4 is 34.4 Å². The van der Waals surface area contributed by atoms with Gasteiger partial charge in [-0.3, -0.25) is 14.4 Å². The number of ether oxygens (including phenoxy) is 5. The number of aromatic nitrogens is 1. The number of carbonyl (C=O) groups excluding carboxylic acids is 2. The molecule has 0 fully saturated rings. The van der Waals surface area contributed by atoms with Gasteiger partial charge < -0.3 is 44.7 Å². The fraction of sp³-hybridized carbons (Fsp3) is 0.415. The lowest BCUT2D eigenvalue weighted by Crippen LogP contribution is -2.39. The van der Waals surface area contributed by atoms with Crippen LogP contribution in [-0.4, -0.2) is 100 Å². The molecule has 1 heterocycles. The van der Waals surface area contributed by atoms with Crippen molar-refractivity contribution in [1.82, 2.24) is 15.6 Å². The average molecular weight is 745 g/mol. The van der Waals surface area contributed by atoms with Crippen LogP contribution in [0, 0.1) is 6.92 Å². The van der Waals surface area contributed by atoms with Crippen molar-refractivity contribution in [3.05, 3.63) is 90.1 Å². The molecule has 1 atom stereocenters. The van der Waals surface area contributed by atoms with Crippen LogP contribution in [0.3, 0.4) is 0 Å². The van der Waals surface area contributed by atoms with E-state index in [0.29, 0.717) is 78.0 Å². The summed E-state index contributed by atoms with van der Waals surface area (Å²) < 4.78 is 27.9. The first kappa shape index (κ1) is 41.7. The van der Waals surface area contributed by atoms with E-state index in [1.54, 1.807) is 6.20 Å². The molecule has 2 amide bonds. The number of amides is 2. The van der Waals surface area contributed by atoms with Gasteiger partial charge >= 0.3 is 5.97 Å². The van der Waals surface area contributed by atoms with E-state index in [4.69, 9.17) is 23.7 Å². The predicted molar refractivity (Wildman–Crippen MR) is 207 cm³/mol. The summed E-state index contributed by atoms with van der Waals surface area (Å²) in [6, 6.07) is 22.4. The topological polar surface area (TPSA) is 167 Å². The van der Waals surface area contributed by atoms with Crippen LogP contribution in [0.25, 0.3) is 21.9 Å². The highest BCUT2D eigenvalue weighted by atomic mass is 16.6. The summed E-state index contributed by atoms with van der Waals surface area (Å²) in [6.07, 6.45) is 2.19. The van der Waals surface area contributed by atoms with Gasteiger partial charge in [0, 0.05) is 31.2 Å². The highest BCUT2D eigenvalue weighted by molar-refractivity contribution is 6.00. The van der Waals surface area contributed by atoms with Gasteiger partial charge in [-0.1, -0.05) is 54.6 Å². The molecule has 4 N–H and O–H groups in total. The molecule has 54 heavy (non-hydrogen) atoms. The van der Waals surface area contributed by atoms with Crippen molar-refractivity contribution in [3.8, 4) is 16.9 Å². The number of aliphatic carboxylic acids is 1. The summed E-state index contributed by atoms with van der Waals surface area (Å²) in [7, 11) is 0. The molecule has 13 nitrogen and oxygen atoms in total. The monoisotopic (exact) mass is 744 g/mol. The summed E-state index contributed by atoms with van der Waals surface area (Å²) in [5.74, 6) is -0.322. The number of fused-ring (bicyclic) bond motifs is 1. The molecular formula is C41H52N4O9. The summed E-state index contributed by atoms with van der Waals surface area (Å²) in [4.78, 5) is 41.0. The van der Waals surface area contributed by atoms with Crippen molar-refractivity contribution in [2.45, 2.75) is 39.2 Å².